The van der Waals surface area contributed by atoms with Gasteiger partial charge in [-0.25, -0.2) is 0 Å². The van der Waals surface area contributed by atoms with E-state index in [0.29, 0.717) is 17.1 Å². The molecule has 0 bridgehead atoms. The van der Waals surface area contributed by atoms with E-state index in [1.54, 1.807) is 30.5 Å². The van der Waals surface area contributed by atoms with Crippen LogP contribution in [0.5, 0.6) is 0 Å². The quantitative estimate of drug-likeness (QED) is 0.866. The van der Waals surface area contributed by atoms with Gasteiger partial charge in [0.15, 0.2) is 11.8 Å². The first-order chi connectivity index (χ1) is 11.2. The number of ether oxygens (including phenoxy) is 1. The molecule has 1 aromatic carbocycles. The molecule has 0 radical (unpaired) electrons. The number of furan rings is 1. The summed E-state index contributed by atoms with van der Waals surface area (Å²) < 4.78 is 11.0. The molecule has 23 heavy (non-hydrogen) atoms. The molecule has 2 N–H and O–H groups in total. The van der Waals surface area contributed by atoms with Crippen LogP contribution in [0.15, 0.2) is 47.1 Å². The highest BCUT2D eigenvalue weighted by Gasteiger charge is 2.29. The van der Waals surface area contributed by atoms with Gasteiger partial charge in [-0.15, -0.1) is 0 Å². The molecule has 0 aliphatic carbocycles. The van der Waals surface area contributed by atoms with Crippen molar-refractivity contribution in [2.24, 2.45) is 0 Å². The molecule has 6 heteroatoms. The fraction of sp³-hybridized carbons (Fsp3) is 0.353. The average molecular weight is 336 g/mol. The van der Waals surface area contributed by atoms with Crippen LogP contribution in [0.4, 0.5) is 0 Å². The fourth-order valence-corrected chi connectivity index (χ4v) is 2.94. The molecular weight excluding hydrogens is 316 g/mol. The summed E-state index contributed by atoms with van der Waals surface area (Å²) in [6.45, 7) is 3.80. The van der Waals surface area contributed by atoms with Crippen molar-refractivity contribution in [2.45, 2.75) is 6.04 Å². The van der Waals surface area contributed by atoms with Crippen LogP contribution in [0.2, 0.25) is 5.02 Å². The van der Waals surface area contributed by atoms with E-state index in [0.717, 1.165) is 32.1 Å². The van der Waals surface area contributed by atoms with Gasteiger partial charge in [-0.3, -0.25) is 4.79 Å². The lowest BCUT2D eigenvalue weighted by Crippen LogP contribution is -3.15. The highest BCUT2D eigenvalue weighted by atomic mass is 35.5. The van der Waals surface area contributed by atoms with Crippen LogP contribution >= 0.6 is 11.6 Å². The Bertz CT molecular complexity index is 622. The van der Waals surface area contributed by atoms with Crippen molar-refractivity contribution in [1.29, 1.82) is 0 Å². The number of hydrogen-bond donors (Lipinski definition) is 2. The maximum atomic E-state index is 12.3. The van der Waals surface area contributed by atoms with Crippen LogP contribution in [0.1, 0.15) is 22.2 Å². The highest BCUT2D eigenvalue weighted by molar-refractivity contribution is 6.30. The van der Waals surface area contributed by atoms with Crippen LogP contribution in [-0.2, 0) is 4.74 Å². The number of carbonyl (C=O) groups is 1. The second-order valence-electron chi connectivity index (χ2n) is 5.56. The third-order valence-corrected chi connectivity index (χ3v) is 4.34. The Balaban J connectivity index is 1.66. The smallest absolute Gasteiger partial charge is 0.251 e. The van der Waals surface area contributed by atoms with Crippen molar-refractivity contribution < 1.29 is 18.8 Å². The number of carbonyl (C=O) groups excluding carboxylic acids is 1. The molecule has 0 saturated carbocycles. The van der Waals surface area contributed by atoms with Gasteiger partial charge < -0.3 is 19.4 Å². The highest BCUT2D eigenvalue weighted by Crippen LogP contribution is 2.12. The van der Waals surface area contributed by atoms with Gasteiger partial charge in [0.05, 0.1) is 26.0 Å². The van der Waals surface area contributed by atoms with Crippen molar-refractivity contribution >= 4 is 17.5 Å². The monoisotopic (exact) mass is 335 g/mol. The molecule has 1 fully saturated rings. The van der Waals surface area contributed by atoms with Crippen molar-refractivity contribution in [3.8, 4) is 0 Å². The number of halogens is 1. The van der Waals surface area contributed by atoms with Crippen LogP contribution < -0.4 is 10.2 Å². The summed E-state index contributed by atoms with van der Waals surface area (Å²) in [6.07, 6.45) is 1.67. The Hall–Kier alpha value is -1.82. The topological polar surface area (TPSA) is 55.9 Å². The van der Waals surface area contributed by atoms with Gasteiger partial charge in [-0.2, -0.15) is 0 Å². The van der Waals surface area contributed by atoms with E-state index < -0.39 is 0 Å². The van der Waals surface area contributed by atoms with Crippen LogP contribution in [0, 0.1) is 0 Å². The summed E-state index contributed by atoms with van der Waals surface area (Å²) in [5.41, 5.74) is 0.601. The summed E-state index contributed by atoms with van der Waals surface area (Å²) in [5, 5.41) is 3.62. The first-order valence-corrected chi connectivity index (χ1v) is 8.11. The third kappa shape index (κ3) is 4.13. The van der Waals surface area contributed by atoms with E-state index in [2.05, 4.69) is 5.32 Å². The van der Waals surface area contributed by atoms with Crippen molar-refractivity contribution in [3.63, 3.8) is 0 Å². The van der Waals surface area contributed by atoms with Gasteiger partial charge in [-0.05, 0) is 36.4 Å². The molecule has 3 rings (SSSR count). The minimum absolute atomic E-state index is 0.0881. The number of amides is 1. The van der Waals surface area contributed by atoms with Gasteiger partial charge >= 0.3 is 0 Å². The van der Waals surface area contributed by atoms with E-state index in [9.17, 15) is 4.79 Å². The predicted molar refractivity (Wildman–Crippen MR) is 86.7 cm³/mol. The molecule has 1 saturated heterocycles. The Morgan fingerprint density at radius 2 is 1.96 bits per heavy atom. The fourth-order valence-electron chi connectivity index (χ4n) is 2.82. The van der Waals surface area contributed by atoms with E-state index >= 15 is 0 Å². The van der Waals surface area contributed by atoms with Gasteiger partial charge in [0.25, 0.3) is 5.91 Å². The number of quaternary nitrogens is 1. The van der Waals surface area contributed by atoms with E-state index in [1.807, 2.05) is 12.1 Å². The molecule has 1 amide bonds. The van der Waals surface area contributed by atoms with Gasteiger partial charge in [0.2, 0.25) is 0 Å². The number of nitrogens with one attached hydrogen (secondary N) is 2. The minimum Gasteiger partial charge on any atom is -0.463 e. The molecule has 0 spiro atoms. The maximum absolute atomic E-state index is 12.3. The minimum atomic E-state index is -0.106. The average Bonchev–Trinajstić information content (AvgIpc) is 3.11. The molecule has 5 nitrogen and oxygen atoms in total. The summed E-state index contributed by atoms with van der Waals surface area (Å²) in [6, 6.07) is 10.8. The van der Waals surface area contributed by atoms with E-state index in [4.69, 9.17) is 20.8 Å². The number of morpholine rings is 1. The lowest BCUT2D eigenvalue weighted by Gasteiger charge is -2.30. The molecule has 1 aliphatic rings. The zero-order valence-electron chi connectivity index (χ0n) is 12.8. The summed E-state index contributed by atoms with van der Waals surface area (Å²) in [4.78, 5) is 13.7. The lowest BCUT2D eigenvalue weighted by atomic mass is 10.1. The number of rotatable bonds is 5. The maximum Gasteiger partial charge on any atom is 0.251 e. The zero-order valence-corrected chi connectivity index (χ0v) is 13.5. The van der Waals surface area contributed by atoms with Crippen molar-refractivity contribution in [2.75, 3.05) is 32.8 Å². The molecule has 2 heterocycles. The Morgan fingerprint density at radius 1 is 1.22 bits per heavy atom. The normalized spacial score (nSPS) is 16.9. The van der Waals surface area contributed by atoms with Crippen LogP contribution in [0.3, 0.4) is 0 Å². The zero-order chi connectivity index (χ0) is 16.1. The standard InChI is InChI=1S/C17H19ClN2O3/c18-14-5-3-13(4-6-14)17(21)19-12-15(16-2-1-9-23-16)20-7-10-22-11-8-20/h1-6,9,15H,7-8,10-12H2,(H,19,21)/p+1/t15-/m1/s1. The Morgan fingerprint density at radius 3 is 2.61 bits per heavy atom. The molecule has 1 aromatic heterocycles. The van der Waals surface area contributed by atoms with E-state index in [1.165, 1.54) is 4.90 Å². The summed E-state index contributed by atoms with van der Waals surface area (Å²) in [5.74, 6) is 0.782. The molecular formula is C17H20ClN2O3+. The largest absolute Gasteiger partial charge is 0.463 e. The Kier molecular flexibility index (Phi) is 5.33. The molecule has 0 unspecified atom stereocenters. The van der Waals surface area contributed by atoms with Gasteiger partial charge in [-0.1, -0.05) is 11.6 Å². The molecule has 1 atom stereocenters. The lowest BCUT2D eigenvalue weighted by molar-refractivity contribution is -0.938. The van der Waals surface area contributed by atoms with Crippen molar-refractivity contribution in [3.05, 3.63) is 59.0 Å². The molecule has 2 aromatic rings. The van der Waals surface area contributed by atoms with E-state index in [-0.39, 0.29) is 11.9 Å². The van der Waals surface area contributed by atoms with Crippen LogP contribution in [0.25, 0.3) is 0 Å². The summed E-state index contributed by atoms with van der Waals surface area (Å²) in [7, 11) is 0. The molecule has 122 valence electrons. The van der Waals surface area contributed by atoms with Gasteiger partial charge in [0.1, 0.15) is 13.1 Å². The van der Waals surface area contributed by atoms with Crippen molar-refractivity contribution in [1.82, 2.24) is 5.32 Å². The number of benzene rings is 1. The second kappa shape index (κ2) is 7.64. The first kappa shape index (κ1) is 16.1. The third-order valence-electron chi connectivity index (χ3n) is 4.09. The molecule has 1 aliphatic heterocycles. The van der Waals surface area contributed by atoms with Crippen LogP contribution in [-0.4, -0.2) is 38.8 Å². The summed E-state index contributed by atoms with van der Waals surface area (Å²) >= 11 is 5.85. The van der Waals surface area contributed by atoms with Gasteiger partial charge in [0, 0.05) is 10.6 Å². The Labute approximate surface area is 140 Å². The SMILES string of the molecule is O=C(NC[C@H](c1ccco1)[NH+]1CCOCC1)c1ccc(Cl)cc1. The predicted octanol–water partition coefficient (Wildman–Crippen LogP) is 1.32. The first-order valence-electron chi connectivity index (χ1n) is 7.73. The number of hydrogen-bond acceptors (Lipinski definition) is 3. The second-order valence-corrected chi connectivity index (χ2v) is 5.99.